The van der Waals surface area contributed by atoms with Crippen molar-refractivity contribution in [2.24, 2.45) is 5.73 Å². The van der Waals surface area contributed by atoms with E-state index in [4.69, 9.17) is 15.9 Å². The number of hydrogen-bond donors (Lipinski definition) is 6. The molecular formula is C20H32N4O9S. The smallest absolute Gasteiger partial charge is 0.326 e. The molecule has 0 saturated carbocycles. The maximum absolute atomic E-state index is 13.0. The zero-order chi connectivity index (χ0) is 25.8. The normalized spacial score (nSPS) is 17.9. The Labute approximate surface area is 200 Å². The van der Waals surface area contributed by atoms with Gasteiger partial charge in [-0.1, -0.05) is 0 Å². The minimum atomic E-state index is -1.29. The second-order valence-corrected chi connectivity index (χ2v) is 8.89. The molecule has 13 nitrogen and oxygen atoms in total. The summed E-state index contributed by atoms with van der Waals surface area (Å²) < 4.78 is 0. The number of nitrogens with two attached hydrogens (primary N) is 1. The van der Waals surface area contributed by atoms with E-state index in [2.05, 4.69) is 10.6 Å². The Kier molecular flexibility index (Phi) is 12.4. The van der Waals surface area contributed by atoms with Gasteiger partial charge >= 0.3 is 17.9 Å². The van der Waals surface area contributed by atoms with E-state index >= 15 is 0 Å². The van der Waals surface area contributed by atoms with Crippen LogP contribution in [-0.4, -0.2) is 98.6 Å². The van der Waals surface area contributed by atoms with Gasteiger partial charge in [-0.15, -0.1) is 0 Å². The molecule has 4 atom stereocenters. The maximum atomic E-state index is 13.0. The topological polar surface area (TPSA) is 216 Å². The van der Waals surface area contributed by atoms with Crippen LogP contribution in [0.5, 0.6) is 0 Å². The summed E-state index contributed by atoms with van der Waals surface area (Å²) in [4.78, 5) is 72.7. The molecule has 0 bridgehead atoms. The largest absolute Gasteiger partial charge is 0.481 e. The number of aliphatic carboxylic acids is 3. The third-order valence-electron chi connectivity index (χ3n) is 5.33. The number of likely N-dealkylation sites (tertiary alicyclic amines) is 1. The minimum Gasteiger partial charge on any atom is -0.481 e. The van der Waals surface area contributed by atoms with Gasteiger partial charge in [-0.2, -0.15) is 11.8 Å². The lowest BCUT2D eigenvalue weighted by Gasteiger charge is -2.28. The van der Waals surface area contributed by atoms with E-state index in [0.717, 1.165) is 4.90 Å². The SMILES string of the molecule is CSCCC(NC(=O)C(N)CCC(=O)O)C(=O)NC(CCC(=O)O)C(=O)N1CCCC1C(=O)O. The highest BCUT2D eigenvalue weighted by Gasteiger charge is 2.38. The molecule has 4 unspecified atom stereocenters. The third-order valence-corrected chi connectivity index (χ3v) is 5.98. The number of thioether (sulfide) groups is 1. The van der Waals surface area contributed by atoms with Gasteiger partial charge in [0.05, 0.1) is 6.04 Å². The number of carbonyl (C=O) groups is 6. The first-order valence-corrected chi connectivity index (χ1v) is 12.2. The van der Waals surface area contributed by atoms with E-state index in [1.807, 2.05) is 0 Å². The van der Waals surface area contributed by atoms with Crippen molar-refractivity contribution in [2.75, 3.05) is 18.6 Å². The molecule has 14 heteroatoms. The van der Waals surface area contributed by atoms with Gasteiger partial charge in [0, 0.05) is 19.4 Å². The van der Waals surface area contributed by atoms with Gasteiger partial charge in [0.2, 0.25) is 17.7 Å². The summed E-state index contributed by atoms with van der Waals surface area (Å²) in [6.07, 6.45) is 1.50. The molecule has 7 N–H and O–H groups in total. The molecule has 0 spiro atoms. The second kappa shape index (κ2) is 14.4. The number of amides is 3. The van der Waals surface area contributed by atoms with Crippen LogP contribution >= 0.6 is 11.8 Å². The summed E-state index contributed by atoms with van der Waals surface area (Å²) in [5, 5.41) is 32.1. The summed E-state index contributed by atoms with van der Waals surface area (Å²) in [5.74, 6) is -5.23. The second-order valence-electron chi connectivity index (χ2n) is 7.90. The first-order valence-electron chi connectivity index (χ1n) is 10.8. The lowest BCUT2D eigenvalue weighted by Crippen LogP contribution is -2.57. The molecule has 1 aliphatic heterocycles. The Hall–Kier alpha value is -2.87. The predicted molar refractivity (Wildman–Crippen MR) is 121 cm³/mol. The molecule has 1 rings (SSSR count). The third kappa shape index (κ3) is 9.55. The van der Waals surface area contributed by atoms with Crippen LogP contribution in [0.1, 0.15) is 44.9 Å². The monoisotopic (exact) mass is 504 g/mol. The van der Waals surface area contributed by atoms with Crippen LogP contribution in [0.3, 0.4) is 0 Å². The van der Waals surface area contributed by atoms with Crippen LogP contribution < -0.4 is 16.4 Å². The van der Waals surface area contributed by atoms with E-state index in [1.54, 1.807) is 6.26 Å². The van der Waals surface area contributed by atoms with Gasteiger partial charge < -0.3 is 36.6 Å². The number of hydrogen-bond acceptors (Lipinski definition) is 8. The van der Waals surface area contributed by atoms with E-state index in [-0.39, 0.29) is 38.6 Å². The van der Waals surface area contributed by atoms with Crippen LogP contribution in [-0.2, 0) is 28.8 Å². The van der Waals surface area contributed by atoms with Crippen molar-refractivity contribution in [1.29, 1.82) is 0 Å². The molecule has 3 amide bonds. The summed E-state index contributed by atoms with van der Waals surface area (Å²) in [5.41, 5.74) is 5.71. The number of nitrogens with one attached hydrogen (secondary N) is 2. The number of carboxylic acids is 3. The van der Waals surface area contributed by atoms with Gasteiger partial charge in [0.15, 0.2) is 0 Å². The van der Waals surface area contributed by atoms with Crippen molar-refractivity contribution in [3.05, 3.63) is 0 Å². The van der Waals surface area contributed by atoms with Crippen LogP contribution in [0.15, 0.2) is 0 Å². The van der Waals surface area contributed by atoms with Gasteiger partial charge in [-0.05, 0) is 44.1 Å². The molecule has 0 aromatic rings. The van der Waals surface area contributed by atoms with Crippen LogP contribution in [0, 0.1) is 0 Å². The fraction of sp³-hybridized carbons (Fsp3) is 0.700. The van der Waals surface area contributed by atoms with Crippen LogP contribution in [0.25, 0.3) is 0 Å². The molecule has 1 fully saturated rings. The van der Waals surface area contributed by atoms with Gasteiger partial charge in [0.1, 0.15) is 18.1 Å². The van der Waals surface area contributed by atoms with E-state index < -0.39 is 66.2 Å². The number of carboxylic acid groups (broad SMARTS) is 3. The van der Waals surface area contributed by atoms with Crippen molar-refractivity contribution in [3.8, 4) is 0 Å². The molecule has 34 heavy (non-hydrogen) atoms. The van der Waals surface area contributed by atoms with Crippen molar-refractivity contribution in [1.82, 2.24) is 15.5 Å². The number of nitrogens with zero attached hydrogens (tertiary/aromatic N) is 1. The Morgan fingerprint density at radius 1 is 0.941 bits per heavy atom. The predicted octanol–water partition coefficient (Wildman–Crippen LogP) is -1.16. The van der Waals surface area contributed by atoms with Crippen LogP contribution in [0.4, 0.5) is 0 Å². The molecule has 0 aliphatic carbocycles. The minimum absolute atomic E-state index is 0.136. The van der Waals surface area contributed by atoms with E-state index in [1.165, 1.54) is 11.8 Å². The van der Waals surface area contributed by atoms with Gasteiger partial charge in [-0.3, -0.25) is 24.0 Å². The lowest BCUT2D eigenvalue weighted by atomic mass is 10.1. The first-order chi connectivity index (χ1) is 16.0. The molecule has 0 aromatic heterocycles. The highest BCUT2D eigenvalue weighted by atomic mass is 32.2. The number of carbonyl (C=O) groups excluding carboxylic acids is 3. The Morgan fingerprint density at radius 2 is 1.53 bits per heavy atom. The molecule has 1 heterocycles. The standard InChI is InChI=1S/C20H32N4O9S/c1-34-10-8-12(22-17(29)11(21)4-6-15(25)26)18(30)23-13(5-7-16(27)28)19(31)24-9-2-3-14(24)20(32)33/h11-14H,2-10,21H2,1H3,(H,22,29)(H,23,30)(H,25,26)(H,27,28)(H,32,33). The zero-order valence-corrected chi connectivity index (χ0v) is 19.7. The molecule has 0 aromatic carbocycles. The van der Waals surface area contributed by atoms with E-state index in [0.29, 0.717) is 12.2 Å². The van der Waals surface area contributed by atoms with Crippen molar-refractivity contribution < 1.29 is 44.1 Å². The first kappa shape index (κ1) is 29.2. The maximum Gasteiger partial charge on any atom is 0.326 e. The van der Waals surface area contributed by atoms with Crippen molar-refractivity contribution in [3.63, 3.8) is 0 Å². The van der Waals surface area contributed by atoms with Crippen molar-refractivity contribution >= 4 is 47.4 Å². The quantitative estimate of drug-likeness (QED) is 0.156. The Morgan fingerprint density at radius 3 is 2.09 bits per heavy atom. The summed E-state index contributed by atoms with van der Waals surface area (Å²) in [6, 6.07) is -4.62. The van der Waals surface area contributed by atoms with Gasteiger partial charge in [-0.25, -0.2) is 4.79 Å². The molecule has 1 aliphatic rings. The fourth-order valence-corrected chi connectivity index (χ4v) is 3.95. The molecule has 0 radical (unpaired) electrons. The van der Waals surface area contributed by atoms with Crippen LogP contribution in [0.2, 0.25) is 0 Å². The highest BCUT2D eigenvalue weighted by Crippen LogP contribution is 2.20. The van der Waals surface area contributed by atoms with E-state index in [9.17, 15) is 33.9 Å². The Balaban J connectivity index is 2.97. The highest BCUT2D eigenvalue weighted by molar-refractivity contribution is 7.98. The average molecular weight is 505 g/mol. The molecule has 192 valence electrons. The summed E-state index contributed by atoms with van der Waals surface area (Å²) >= 11 is 1.40. The Bertz CT molecular complexity index is 779. The molecule has 1 saturated heterocycles. The zero-order valence-electron chi connectivity index (χ0n) is 18.9. The summed E-state index contributed by atoms with van der Waals surface area (Å²) in [6.45, 7) is 0.167. The summed E-state index contributed by atoms with van der Waals surface area (Å²) in [7, 11) is 0. The number of rotatable bonds is 15. The van der Waals surface area contributed by atoms with Crippen molar-refractivity contribution in [2.45, 2.75) is 69.1 Å². The molecular weight excluding hydrogens is 472 g/mol. The lowest BCUT2D eigenvalue weighted by molar-refractivity contribution is -0.150. The van der Waals surface area contributed by atoms with Gasteiger partial charge in [0.25, 0.3) is 0 Å². The average Bonchev–Trinajstić information content (AvgIpc) is 3.27. The fourth-order valence-electron chi connectivity index (χ4n) is 3.48.